The van der Waals surface area contributed by atoms with Crippen LogP contribution in [-0.2, 0) is 4.79 Å². The average Bonchev–Trinajstić information content (AvgIpc) is 2.67. The number of para-hydroxylation sites is 1. The first-order valence-corrected chi connectivity index (χ1v) is 8.74. The van der Waals surface area contributed by atoms with Crippen LogP contribution in [0.2, 0.25) is 0 Å². The number of aromatic nitrogens is 1. The first-order valence-electron chi connectivity index (χ1n) is 8.74. The van der Waals surface area contributed by atoms with Crippen LogP contribution >= 0.6 is 0 Å². The van der Waals surface area contributed by atoms with E-state index in [4.69, 9.17) is 4.74 Å². The smallest absolute Gasteiger partial charge is 0.257 e. The van der Waals surface area contributed by atoms with Gasteiger partial charge in [-0.1, -0.05) is 12.1 Å². The van der Waals surface area contributed by atoms with E-state index in [9.17, 15) is 9.59 Å². The highest BCUT2D eigenvalue weighted by atomic mass is 16.5. The van der Waals surface area contributed by atoms with Gasteiger partial charge in [-0.3, -0.25) is 9.59 Å². The van der Waals surface area contributed by atoms with Gasteiger partial charge < -0.3 is 15.0 Å². The summed E-state index contributed by atoms with van der Waals surface area (Å²) in [5, 5.41) is 2.87. The highest BCUT2D eigenvalue weighted by Crippen LogP contribution is 2.24. The molecule has 0 atom stereocenters. The van der Waals surface area contributed by atoms with E-state index in [0.29, 0.717) is 43.1 Å². The second-order valence-electron chi connectivity index (χ2n) is 6.47. The molecule has 3 rings (SSSR count). The molecule has 0 unspecified atom stereocenters. The summed E-state index contributed by atoms with van der Waals surface area (Å²) < 4.78 is 5.27. The zero-order chi connectivity index (χ0) is 18.5. The Morgan fingerprint density at radius 2 is 1.92 bits per heavy atom. The Hall–Kier alpha value is -2.89. The van der Waals surface area contributed by atoms with Crippen molar-refractivity contribution in [3.8, 4) is 5.75 Å². The number of hydrogen-bond donors (Lipinski definition) is 1. The van der Waals surface area contributed by atoms with Crippen molar-refractivity contribution < 1.29 is 14.3 Å². The number of aryl methyl sites for hydroxylation is 1. The average molecular weight is 353 g/mol. The second-order valence-corrected chi connectivity index (χ2v) is 6.47. The van der Waals surface area contributed by atoms with Crippen molar-refractivity contribution in [2.45, 2.75) is 19.8 Å². The van der Waals surface area contributed by atoms with Gasteiger partial charge in [-0.2, -0.15) is 0 Å². The Bertz CT molecular complexity index is 798. The standard InChI is InChI=1S/C20H23N3O3/c1-14-7-10-21-18(13-14)22-19(24)15-8-11-23(12-9-15)20(25)16-5-3-4-6-17(16)26-2/h3-7,10,13,15H,8-9,11-12H2,1-2H3,(H,21,22,24). The molecule has 1 aliphatic rings. The van der Waals surface area contributed by atoms with Gasteiger partial charge in [-0.05, 0) is 49.6 Å². The Labute approximate surface area is 153 Å². The highest BCUT2D eigenvalue weighted by molar-refractivity contribution is 5.97. The van der Waals surface area contributed by atoms with Gasteiger partial charge in [-0.25, -0.2) is 4.98 Å². The van der Waals surface area contributed by atoms with Crippen molar-refractivity contribution >= 4 is 17.6 Å². The van der Waals surface area contributed by atoms with Gasteiger partial charge in [0.15, 0.2) is 0 Å². The first-order chi connectivity index (χ1) is 12.6. The first kappa shape index (κ1) is 17.9. The van der Waals surface area contributed by atoms with E-state index < -0.39 is 0 Å². The number of hydrogen-bond acceptors (Lipinski definition) is 4. The van der Waals surface area contributed by atoms with Gasteiger partial charge in [0.25, 0.3) is 5.91 Å². The van der Waals surface area contributed by atoms with Crippen molar-refractivity contribution in [3.63, 3.8) is 0 Å². The summed E-state index contributed by atoms with van der Waals surface area (Å²) >= 11 is 0. The number of anilines is 1. The molecule has 2 amide bonds. The lowest BCUT2D eigenvalue weighted by molar-refractivity contribution is -0.121. The molecule has 1 aromatic carbocycles. The molecule has 2 heterocycles. The molecule has 0 radical (unpaired) electrons. The predicted octanol–water partition coefficient (Wildman–Crippen LogP) is 2.89. The van der Waals surface area contributed by atoms with Crippen LogP contribution in [0.1, 0.15) is 28.8 Å². The van der Waals surface area contributed by atoms with Gasteiger partial charge in [-0.15, -0.1) is 0 Å². The van der Waals surface area contributed by atoms with Crippen LogP contribution < -0.4 is 10.1 Å². The Kier molecular flexibility index (Phi) is 5.51. The lowest BCUT2D eigenvalue weighted by Gasteiger charge is -2.31. The molecule has 2 aromatic rings. The summed E-state index contributed by atoms with van der Waals surface area (Å²) in [6, 6.07) is 10.9. The number of rotatable bonds is 4. The minimum Gasteiger partial charge on any atom is -0.496 e. The molecule has 0 bridgehead atoms. The molecular weight excluding hydrogens is 330 g/mol. The van der Waals surface area contributed by atoms with Gasteiger partial charge in [0, 0.05) is 25.2 Å². The quantitative estimate of drug-likeness (QED) is 0.917. The number of ether oxygens (including phenoxy) is 1. The van der Waals surface area contributed by atoms with Gasteiger partial charge >= 0.3 is 0 Å². The fourth-order valence-electron chi connectivity index (χ4n) is 3.17. The van der Waals surface area contributed by atoms with E-state index in [2.05, 4.69) is 10.3 Å². The Balaban J connectivity index is 1.58. The molecule has 0 spiro atoms. The molecule has 136 valence electrons. The molecule has 0 saturated carbocycles. The van der Waals surface area contributed by atoms with Crippen molar-refractivity contribution in [1.82, 2.24) is 9.88 Å². The van der Waals surface area contributed by atoms with Crippen LogP contribution in [0.5, 0.6) is 5.75 Å². The summed E-state index contributed by atoms with van der Waals surface area (Å²) in [4.78, 5) is 31.1. The number of methoxy groups -OCH3 is 1. The molecule has 1 aliphatic heterocycles. The van der Waals surface area contributed by atoms with E-state index in [0.717, 1.165) is 5.56 Å². The maximum absolute atomic E-state index is 12.7. The molecular formula is C20H23N3O3. The third-order valence-electron chi connectivity index (χ3n) is 4.66. The number of carbonyl (C=O) groups is 2. The molecule has 1 fully saturated rings. The predicted molar refractivity (Wildman–Crippen MR) is 99.2 cm³/mol. The molecule has 1 N–H and O–H groups in total. The van der Waals surface area contributed by atoms with E-state index in [-0.39, 0.29) is 17.7 Å². The summed E-state index contributed by atoms with van der Waals surface area (Å²) in [7, 11) is 1.56. The molecule has 1 saturated heterocycles. The van der Waals surface area contributed by atoms with Crippen LogP contribution in [0.15, 0.2) is 42.6 Å². The fraction of sp³-hybridized carbons (Fsp3) is 0.350. The van der Waals surface area contributed by atoms with Crippen LogP contribution in [0.25, 0.3) is 0 Å². The van der Waals surface area contributed by atoms with Crippen molar-refractivity contribution in [2.24, 2.45) is 5.92 Å². The lowest BCUT2D eigenvalue weighted by atomic mass is 9.95. The maximum atomic E-state index is 12.7. The number of piperidine rings is 1. The van der Waals surface area contributed by atoms with Gasteiger partial charge in [0.1, 0.15) is 11.6 Å². The molecule has 0 aliphatic carbocycles. The number of pyridine rings is 1. The zero-order valence-corrected chi connectivity index (χ0v) is 15.1. The number of nitrogens with zero attached hydrogens (tertiary/aromatic N) is 2. The van der Waals surface area contributed by atoms with Crippen LogP contribution in [0.4, 0.5) is 5.82 Å². The van der Waals surface area contributed by atoms with E-state index in [1.165, 1.54) is 0 Å². The van der Waals surface area contributed by atoms with Crippen molar-refractivity contribution in [2.75, 3.05) is 25.5 Å². The maximum Gasteiger partial charge on any atom is 0.257 e. The number of likely N-dealkylation sites (tertiary alicyclic amines) is 1. The summed E-state index contributed by atoms with van der Waals surface area (Å²) in [5.74, 6) is 0.943. The topological polar surface area (TPSA) is 71.5 Å². The van der Waals surface area contributed by atoms with E-state index in [1.54, 1.807) is 30.3 Å². The zero-order valence-electron chi connectivity index (χ0n) is 15.1. The van der Waals surface area contributed by atoms with Crippen LogP contribution in [0.3, 0.4) is 0 Å². The van der Waals surface area contributed by atoms with E-state index in [1.807, 2.05) is 31.2 Å². The molecule has 6 heteroatoms. The van der Waals surface area contributed by atoms with Crippen molar-refractivity contribution in [1.29, 1.82) is 0 Å². The third-order valence-corrected chi connectivity index (χ3v) is 4.66. The van der Waals surface area contributed by atoms with Gasteiger partial charge in [0.2, 0.25) is 5.91 Å². The fourth-order valence-corrected chi connectivity index (χ4v) is 3.17. The number of amides is 2. The lowest BCUT2D eigenvalue weighted by Crippen LogP contribution is -2.41. The van der Waals surface area contributed by atoms with Crippen molar-refractivity contribution in [3.05, 3.63) is 53.7 Å². The molecule has 6 nitrogen and oxygen atoms in total. The largest absolute Gasteiger partial charge is 0.496 e. The SMILES string of the molecule is COc1ccccc1C(=O)N1CCC(C(=O)Nc2cc(C)ccn2)CC1. The number of carbonyl (C=O) groups excluding carboxylic acids is 2. The number of nitrogens with one attached hydrogen (secondary N) is 1. The van der Waals surface area contributed by atoms with Crippen LogP contribution in [-0.4, -0.2) is 41.9 Å². The normalized spacial score (nSPS) is 14.8. The third kappa shape index (κ3) is 4.02. The Morgan fingerprint density at radius 3 is 2.62 bits per heavy atom. The summed E-state index contributed by atoms with van der Waals surface area (Å²) in [6.07, 6.45) is 2.95. The summed E-state index contributed by atoms with van der Waals surface area (Å²) in [6.45, 7) is 3.06. The van der Waals surface area contributed by atoms with Crippen LogP contribution in [0, 0.1) is 12.8 Å². The highest BCUT2D eigenvalue weighted by Gasteiger charge is 2.29. The van der Waals surface area contributed by atoms with Gasteiger partial charge in [0.05, 0.1) is 12.7 Å². The molecule has 1 aromatic heterocycles. The molecule has 26 heavy (non-hydrogen) atoms. The summed E-state index contributed by atoms with van der Waals surface area (Å²) in [5.41, 5.74) is 1.61. The monoisotopic (exact) mass is 353 g/mol. The minimum atomic E-state index is -0.112. The number of benzene rings is 1. The van der Waals surface area contributed by atoms with E-state index >= 15 is 0 Å². The second kappa shape index (κ2) is 7.99. The minimum absolute atomic E-state index is 0.0347. The Morgan fingerprint density at radius 1 is 1.19 bits per heavy atom.